The highest BCUT2D eigenvalue weighted by atomic mass is 35.5. The molecule has 0 spiro atoms. The largest absolute Gasteiger partial charge is 0.325 e. The second-order valence-corrected chi connectivity index (χ2v) is 5.34. The van der Waals surface area contributed by atoms with Gasteiger partial charge in [-0.1, -0.05) is 11.6 Å². The zero-order valence-electron chi connectivity index (χ0n) is 11.3. The number of amides is 2. The van der Waals surface area contributed by atoms with Crippen molar-refractivity contribution in [1.29, 1.82) is 0 Å². The maximum Gasteiger partial charge on any atom is 0.228 e. The third-order valence-corrected chi connectivity index (χ3v) is 3.45. The summed E-state index contributed by atoms with van der Waals surface area (Å²) in [5, 5.41) is 9.24. The molecule has 1 heterocycles. The van der Waals surface area contributed by atoms with E-state index in [1.165, 1.54) is 6.92 Å². The van der Waals surface area contributed by atoms with Gasteiger partial charge in [-0.15, -0.1) is 0 Å². The first-order valence-electron chi connectivity index (χ1n) is 6.65. The van der Waals surface area contributed by atoms with Crippen LogP contribution < -0.4 is 16.0 Å². The van der Waals surface area contributed by atoms with E-state index in [0.717, 1.165) is 19.4 Å². The molecule has 5 nitrogen and oxygen atoms in total. The van der Waals surface area contributed by atoms with Crippen LogP contribution in [0.2, 0.25) is 5.02 Å². The summed E-state index contributed by atoms with van der Waals surface area (Å²) in [5.41, 5.74) is 1.09. The van der Waals surface area contributed by atoms with Crippen LogP contribution in [0.5, 0.6) is 0 Å². The quantitative estimate of drug-likeness (QED) is 0.801. The zero-order chi connectivity index (χ0) is 14.5. The molecule has 1 aromatic carbocycles. The highest BCUT2D eigenvalue weighted by molar-refractivity contribution is 6.31. The standard InChI is InChI=1S/C14H18ClN3O2/c1-9(19)17-12-5-4-11(15)7-13(12)18-14(20)10-3-2-6-16-8-10/h4-5,7,10,16H,2-3,6,8H2,1H3,(H,17,19)(H,18,20). The van der Waals surface area contributed by atoms with Crippen molar-refractivity contribution in [3.8, 4) is 0 Å². The molecule has 0 radical (unpaired) electrons. The van der Waals surface area contributed by atoms with Crippen LogP contribution in [0.25, 0.3) is 0 Å². The highest BCUT2D eigenvalue weighted by Crippen LogP contribution is 2.26. The van der Waals surface area contributed by atoms with Gasteiger partial charge >= 0.3 is 0 Å². The van der Waals surface area contributed by atoms with Gasteiger partial charge in [0.05, 0.1) is 17.3 Å². The van der Waals surface area contributed by atoms with Crippen molar-refractivity contribution in [1.82, 2.24) is 5.32 Å². The molecule has 1 aromatic rings. The minimum absolute atomic E-state index is 0.0482. The number of piperidine rings is 1. The Morgan fingerprint density at radius 2 is 2.10 bits per heavy atom. The summed E-state index contributed by atoms with van der Waals surface area (Å²) < 4.78 is 0. The predicted molar refractivity (Wildman–Crippen MR) is 80.0 cm³/mol. The van der Waals surface area contributed by atoms with Crippen LogP contribution in [0, 0.1) is 5.92 Å². The zero-order valence-corrected chi connectivity index (χ0v) is 12.1. The second kappa shape index (κ2) is 6.72. The van der Waals surface area contributed by atoms with Crippen molar-refractivity contribution in [2.24, 2.45) is 5.92 Å². The molecule has 2 amide bonds. The average molecular weight is 296 g/mol. The number of nitrogens with one attached hydrogen (secondary N) is 3. The Bertz CT molecular complexity index is 513. The summed E-state index contributed by atoms with van der Waals surface area (Å²) in [6, 6.07) is 4.99. The van der Waals surface area contributed by atoms with Crippen LogP contribution in [0.1, 0.15) is 19.8 Å². The van der Waals surface area contributed by atoms with Crippen molar-refractivity contribution < 1.29 is 9.59 Å². The van der Waals surface area contributed by atoms with Gasteiger partial charge in [0.25, 0.3) is 0 Å². The average Bonchev–Trinajstić information content (AvgIpc) is 2.42. The van der Waals surface area contributed by atoms with Gasteiger partial charge in [0.15, 0.2) is 0 Å². The summed E-state index contributed by atoms with van der Waals surface area (Å²) in [7, 11) is 0. The molecule has 3 N–H and O–H groups in total. The van der Waals surface area contributed by atoms with E-state index in [9.17, 15) is 9.59 Å². The molecule has 1 fully saturated rings. The highest BCUT2D eigenvalue weighted by Gasteiger charge is 2.21. The Hall–Kier alpha value is -1.59. The van der Waals surface area contributed by atoms with Crippen molar-refractivity contribution in [2.75, 3.05) is 23.7 Å². The molecular weight excluding hydrogens is 278 g/mol. The fraction of sp³-hybridized carbons (Fsp3) is 0.429. The SMILES string of the molecule is CC(=O)Nc1ccc(Cl)cc1NC(=O)C1CCCNC1. The number of hydrogen-bond donors (Lipinski definition) is 3. The van der Waals surface area contributed by atoms with Gasteiger partial charge in [0.2, 0.25) is 11.8 Å². The van der Waals surface area contributed by atoms with E-state index < -0.39 is 0 Å². The molecule has 1 atom stereocenters. The molecular formula is C14H18ClN3O2. The lowest BCUT2D eigenvalue weighted by Crippen LogP contribution is -2.37. The van der Waals surface area contributed by atoms with Gasteiger partial charge in [0.1, 0.15) is 0 Å². The first kappa shape index (κ1) is 14.8. The minimum atomic E-state index is -0.192. The van der Waals surface area contributed by atoms with Crippen LogP contribution in [0.15, 0.2) is 18.2 Å². The maximum atomic E-state index is 12.2. The molecule has 2 rings (SSSR count). The molecule has 0 bridgehead atoms. The molecule has 108 valence electrons. The predicted octanol–water partition coefficient (Wildman–Crippen LogP) is 2.24. The smallest absolute Gasteiger partial charge is 0.228 e. The summed E-state index contributed by atoms with van der Waals surface area (Å²) >= 11 is 5.95. The molecule has 0 aromatic heterocycles. The summed E-state index contributed by atoms with van der Waals surface area (Å²) in [5.74, 6) is -0.291. The van der Waals surface area contributed by atoms with Crippen LogP contribution in [-0.2, 0) is 9.59 Å². The van der Waals surface area contributed by atoms with E-state index in [0.29, 0.717) is 22.9 Å². The van der Waals surface area contributed by atoms with E-state index in [4.69, 9.17) is 11.6 Å². The monoisotopic (exact) mass is 295 g/mol. The van der Waals surface area contributed by atoms with Gasteiger partial charge < -0.3 is 16.0 Å². The Balaban J connectivity index is 2.12. The molecule has 1 saturated heterocycles. The lowest BCUT2D eigenvalue weighted by atomic mass is 9.99. The second-order valence-electron chi connectivity index (χ2n) is 4.90. The number of carbonyl (C=O) groups is 2. The van der Waals surface area contributed by atoms with E-state index in [1.807, 2.05) is 0 Å². The Morgan fingerprint density at radius 3 is 2.75 bits per heavy atom. The molecule has 0 aliphatic carbocycles. The Morgan fingerprint density at radius 1 is 1.30 bits per heavy atom. The van der Waals surface area contributed by atoms with Crippen LogP contribution in [0.4, 0.5) is 11.4 Å². The number of carbonyl (C=O) groups excluding carboxylic acids is 2. The van der Waals surface area contributed by atoms with Gasteiger partial charge in [-0.25, -0.2) is 0 Å². The van der Waals surface area contributed by atoms with E-state index in [1.54, 1.807) is 18.2 Å². The number of benzene rings is 1. The lowest BCUT2D eigenvalue weighted by molar-refractivity contribution is -0.120. The summed E-state index contributed by atoms with van der Waals surface area (Å²) in [6.45, 7) is 3.06. The van der Waals surface area contributed by atoms with Gasteiger partial charge in [-0.3, -0.25) is 9.59 Å². The summed E-state index contributed by atoms with van der Waals surface area (Å²) in [6.07, 6.45) is 1.86. The number of anilines is 2. The van der Waals surface area contributed by atoms with Crippen molar-refractivity contribution in [3.05, 3.63) is 23.2 Å². The fourth-order valence-corrected chi connectivity index (χ4v) is 2.40. The topological polar surface area (TPSA) is 70.2 Å². The van der Waals surface area contributed by atoms with Gasteiger partial charge in [-0.2, -0.15) is 0 Å². The van der Waals surface area contributed by atoms with Gasteiger partial charge in [-0.05, 0) is 37.6 Å². The third kappa shape index (κ3) is 3.95. The normalized spacial score (nSPS) is 18.4. The molecule has 1 unspecified atom stereocenters. The van der Waals surface area contributed by atoms with Crippen molar-refractivity contribution >= 4 is 34.8 Å². The number of rotatable bonds is 3. The molecule has 1 aliphatic heterocycles. The van der Waals surface area contributed by atoms with Crippen molar-refractivity contribution in [2.45, 2.75) is 19.8 Å². The number of hydrogen-bond acceptors (Lipinski definition) is 3. The van der Waals surface area contributed by atoms with E-state index >= 15 is 0 Å². The molecule has 6 heteroatoms. The van der Waals surface area contributed by atoms with Crippen LogP contribution in [0.3, 0.4) is 0 Å². The maximum absolute atomic E-state index is 12.2. The first-order chi connectivity index (χ1) is 9.56. The molecule has 20 heavy (non-hydrogen) atoms. The van der Waals surface area contributed by atoms with Gasteiger partial charge in [0, 0.05) is 18.5 Å². The minimum Gasteiger partial charge on any atom is -0.325 e. The van der Waals surface area contributed by atoms with E-state index in [-0.39, 0.29) is 17.7 Å². The number of halogens is 1. The summed E-state index contributed by atoms with van der Waals surface area (Å²) in [4.78, 5) is 23.4. The Labute approximate surface area is 123 Å². The first-order valence-corrected chi connectivity index (χ1v) is 7.03. The lowest BCUT2D eigenvalue weighted by Gasteiger charge is -2.22. The third-order valence-electron chi connectivity index (χ3n) is 3.22. The molecule has 1 aliphatic rings. The van der Waals surface area contributed by atoms with Crippen molar-refractivity contribution in [3.63, 3.8) is 0 Å². The van der Waals surface area contributed by atoms with E-state index in [2.05, 4.69) is 16.0 Å². The Kier molecular flexibility index (Phi) is 4.98. The molecule has 0 saturated carbocycles. The van der Waals surface area contributed by atoms with Crippen LogP contribution >= 0.6 is 11.6 Å². The fourth-order valence-electron chi connectivity index (χ4n) is 2.23. The van der Waals surface area contributed by atoms with Crippen LogP contribution in [-0.4, -0.2) is 24.9 Å².